The Labute approximate surface area is 102 Å². The zero-order chi connectivity index (χ0) is 12.3. The molecular formula is C11H18ClN3O. The van der Waals surface area contributed by atoms with Crippen molar-refractivity contribution in [1.82, 2.24) is 9.97 Å². The van der Waals surface area contributed by atoms with Gasteiger partial charge < -0.3 is 9.64 Å². The number of anilines is 1. The van der Waals surface area contributed by atoms with Crippen molar-refractivity contribution in [3.8, 4) is 5.75 Å². The molecular weight excluding hydrogens is 226 g/mol. The SMILES string of the molecule is CCC(C)(C)N(C)c1ncnc(Cl)c1OC. The summed E-state index contributed by atoms with van der Waals surface area (Å²) in [6.07, 6.45) is 2.44. The van der Waals surface area contributed by atoms with Crippen LogP contribution in [-0.4, -0.2) is 29.7 Å². The minimum atomic E-state index is -0.00897. The highest BCUT2D eigenvalue weighted by atomic mass is 35.5. The van der Waals surface area contributed by atoms with Crippen LogP contribution in [0.4, 0.5) is 5.82 Å². The van der Waals surface area contributed by atoms with Crippen LogP contribution in [-0.2, 0) is 0 Å². The van der Waals surface area contributed by atoms with Crippen LogP contribution in [0.5, 0.6) is 5.75 Å². The lowest BCUT2D eigenvalue weighted by Gasteiger charge is -2.36. The van der Waals surface area contributed by atoms with E-state index in [-0.39, 0.29) is 5.54 Å². The molecule has 1 heterocycles. The molecule has 0 aliphatic heterocycles. The highest BCUT2D eigenvalue weighted by molar-refractivity contribution is 6.31. The fraction of sp³-hybridized carbons (Fsp3) is 0.636. The van der Waals surface area contributed by atoms with Crippen LogP contribution < -0.4 is 9.64 Å². The molecule has 0 unspecified atom stereocenters. The van der Waals surface area contributed by atoms with E-state index in [1.165, 1.54) is 6.33 Å². The molecule has 0 bridgehead atoms. The normalized spacial score (nSPS) is 11.4. The zero-order valence-electron chi connectivity index (χ0n) is 10.4. The molecule has 0 aliphatic rings. The molecule has 0 N–H and O–H groups in total. The Hall–Kier alpha value is -1.03. The van der Waals surface area contributed by atoms with Gasteiger partial charge in [-0.2, -0.15) is 0 Å². The molecule has 4 nitrogen and oxygen atoms in total. The van der Waals surface area contributed by atoms with E-state index in [1.54, 1.807) is 7.11 Å². The molecule has 0 aromatic carbocycles. The van der Waals surface area contributed by atoms with Crippen LogP contribution in [0.15, 0.2) is 6.33 Å². The lowest BCUT2D eigenvalue weighted by Crippen LogP contribution is -2.41. The van der Waals surface area contributed by atoms with Gasteiger partial charge >= 0.3 is 0 Å². The predicted molar refractivity (Wildman–Crippen MR) is 66.4 cm³/mol. The largest absolute Gasteiger partial charge is 0.490 e. The van der Waals surface area contributed by atoms with E-state index in [1.807, 2.05) is 7.05 Å². The van der Waals surface area contributed by atoms with Gasteiger partial charge in [-0.05, 0) is 20.3 Å². The number of hydrogen-bond acceptors (Lipinski definition) is 4. The van der Waals surface area contributed by atoms with Crippen LogP contribution >= 0.6 is 11.6 Å². The molecule has 1 rings (SSSR count). The Morgan fingerprint density at radius 2 is 2.06 bits per heavy atom. The molecule has 0 amide bonds. The number of rotatable bonds is 4. The number of hydrogen-bond donors (Lipinski definition) is 0. The minimum Gasteiger partial charge on any atom is -0.490 e. The topological polar surface area (TPSA) is 38.2 Å². The molecule has 1 aromatic heterocycles. The van der Waals surface area contributed by atoms with Crippen molar-refractivity contribution in [1.29, 1.82) is 0 Å². The maximum absolute atomic E-state index is 5.96. The Bertz CT molecular complexity index is 368. The Balaban J connectivity index is 3.18. The second-order valence-corrected chi connectivity index (χ2v) is 4.60. The average Bonchev–Trinajstić information content (AvgIpc) is 2.27. The molecule has 1 aromatic rings. The maximum Gasteiger partial charge on any atom is 0.199 e. The number of ether oxygens (including phenoxy) is 1. The van der Waals surface area contributed by atoms with Gasteiger partial charge in [0.25, 0.3) is 0 Å². The summed E-state index contributed by atoms with van der Waals surface area (Å²) < 4.78 is 5.24. The summed E-state index contributed by atoms with van der Waals surface area (Å²) in [4.78, 5) is 10.2. The number of nitrogens with zero attached hydrogens (tertiary/aromatic N) is 3. The summed E-state index contributed by atoms with van der Waals surface area (Å²) in [7, 11) is 3.55. The van der Waals surface area contributed by atoms with Gasteiger partial charge in [-0.1, -0.05) is 18.5 Å². The summed E-state index contributed by atoms with van der Waals surface area (Å²) in [5.41, 5.74) is -0.00897. The van der Waals surface area contributed by atoms with Crippen molar-refractivity contribution in [3.05, 3.63) is 11.5 Å². The third-order valence-corrected chi connectivity index (χ3v) is 3.31. The number of aromatic nitrogens is 2. The van der Waals surface area contributed by atoms with Gasteiger partial charge in [0, 0.05) is 12.6 Å². The maximum atomic E-state index is 5.96. The van der Waals surface area contributed by atoms with Gasteiger partial charge in [0.2, 0.25) is 0 Å². The molecule has 0 aliphatic carbocycles. The molecule has 0 saturated carbocycles. The Morgan fingerprint density at radius 3 is 2.56 bits per heavy atom. The molecule has 0 radical (unpaired) electrons. The average molecular weight is 244 g/mol. The van der Waals surface area contributed by atoms with Crippen molar-refractivity contribution < 1.29 is 4.74 Å². The lowest BCUT2D eigenvalue weighted by molar-refractivity contribution is 0.400. The predicted octanol–water partition coefficient (Wildman–Crippen LogP) is 2.76. The van der Waals surface area contributed by atoms with Gasteiger partial charge in [0.15, 0.2) is 16.7 Å². The highest BCUT2D eigenvalue weighted by Gasteiger charge is 2.26. The Morgan fingerprint density at radius 1 is 1.44 bits per heavy atom. The van der Waals surface area contributed by atoms with Crippen LogP contribution in [0.2, 0.25) is 5.15 Å². The first-order chi connectivity index (χ1) is 7.44. The highest BCUT2D eigenvalue weighted by Crippen LogP contribution is 2.34. The van der Waals surface area contributed by atoms with Gasteiger partial charge in [0.05, 0.1) is 7.11 Å². The van der Waals surface area contributed by atoms with Crippen LogP contribution in [0, 0.1) is 0 Å². The van der Waals surface area contributed by atoms with E-state index in [0.29, 0.717) is 16.7 Å². The molecule has 0 atom stereocenters. The molecule has 90 valence electrons. The van der Waals surface area contributed by atoms with Crippen LogP contribution in [0.3, 0.4) is 0 Å². The first-order valence-corrected chi connectivity index (χ1v) is 5.60. The molecule has 0 fully saturated rings. The first kappa shape index (κ1) is 13.0. The fourth-order valence-corrected chi connectivity index (χ4v) is 1.49. The summed E-state index contributed by atoms with van der Waals surface area (Å²) >= 11 is 5.96. The number of halogens is 1. The smallest absolute Gasteiger partial charge is 0.199 e. The quantitative estimate of drug-likeness (QED) is 0.763. The number of methoxy groups -OCH3 is 1. The molecule has 5 heteroatoms. The zero-order valence-corrected chi connectivity index (χ0v) is 11.2. The van der Waals surface area contributed by atoms with Crippen molar-refractivity contribution in [2.75, 3.05) is 19.1 Å². The van der Waals surface area contributed by atoms with Crippen molar-refractivity contribution in [3.63, 3.8) is 0 Å². The molecule has 0 saturated heterocycles. The van der Waals surface area contributed by atoms with Crippen molar-refractivity contribution in [2.24, 2.45) is 0 Å². The van der Waals surface area contributed by atoms with Gasteiger partial charge in [-0.15, -0.1) is 0 Å². The summed E-state index contributed by atoms with van der Waals surface area (Å²) in [5.74, 6) is 1.24. The Kier molecular flexibility index (Phi) is 3.97. The standard InChI is InChI=1S/C11H18ClN3O/c1-6-11(2,3)15(4)10-8(16-5)9(12)13-7-14-10/h7H,6H2,1-5H3. The fourth-order valence-electron chi connectivity index (χ4n) is 1.28. The second-order valence-electron chi connectivity index (χ2n) is 4.25. The molecule has 16 heavy (non-hydrogen) atoms. The van der Waals surface area contributed by atoms with E-state index in [0.717, 1.165) is 6.42 Å². The van der Waals surface area contributed by atoms with Gasteiger partial charge in [-0.3, -0.25) is 0 Å². The third-order valence-electron chi connectivity index (χ3n) is 3.04. The minimum absolute atomic E-state index is 0.00897. The van der Waals surface area contributed by atoms with E-state index < -0.39 is 0 Å². The van der Waals surface area contributed by atoms with Crippen molar-refractivity contribution >= 4 is 17.4 Å². The van der Waals surface area contributed by atoms with Crippen molar-refractivity contribution in [2.45, 2.75) is 32.7 Å². The van der Waals surface area contributed by atoms with E-state index >= 15 is 0 Å². The summed E-state index contributed by atoms with van der Waals surface area (Å²) in [6, 6.07) is 0. The molecule has 0 spiro atoms. The van der Waals surface area contributed by atoms with E-state index in [2.05, 4.69) is 35.6 Å². The van der Waals surface area contributed by atoms with E-state index in [4.69, 9.17) is 16.3 Å². The monoisotopic (exact) mass is 243 g/mol. The lowest BCUT2D eigenvalue weighted by atomic mass is 10.00. The van der Waals surface area contributed by atoms with Crippen LogP contribution in [0.1, 0.15) is 27.2 Å². The van der Waals surface area contributed by atoms with Gasteiger partial charge in [-0.25, -0.2) is 9.97 Å². The first-order valence-electron chi connectivity index (χ1n) is 5.22. The third kappa shape index (κ3) is 2.38. The van der Waals surface area contributed by atoms with Gasteiger partial charge in [0.1, 0.15) is 6.33 Å². The second kappa shape index (κ2) is 4.87. The summed E-state index contributed by atoms with van der Waals surface area (Å²) in [5, 5.41) is 0.339. The van der Waals surface area contributed by atoms with Crippen LogP contribution in [0.25, 0.3) is 0 Å². The summed E-state index contributed by atoms with van der Waals surface area (Å²) in [6.45, 7) is 6.41. The van der Waals surface area contributed by atoms with E-state index in [9.17, 15) is 0 Å².